The van der Waals surface area contributed by atoms with Gasteiger partial charge in [-0.05, 0) is 19.1 Å². The second kappa shape index (κ2) is 6.53. The van der Waals surface area contributed by atoms with Gasteiger partial charge in [-0.3, -0.25) is 4.79 Å². The van der Waals surface area contributed by atoms with Crippen molar-refractivity contribution in [1.29, 1.82) is 0 Å². The molecule has 0 spiro atoms. The maximum absolute atomic E-state index is 12.4. The zero-order chi connectivity index (χ0) is 20.2. The molecule has 1 fully saturated rings. The summed E-state index contributed by atoms with van der Waals surface area (Å²) < 4.78 is 5.99. The Morgan fingerprint density at radius 3 is 2.61 bits per heavy atom. The fraction of sp³-hybridized carbons (Fsp3) is 0.333. The Labute approximate surface area is 162 Å². The number of carbonyl (C=O) groups excluding carboxylic acids is 1. The van der Waals surface area contributed by atoms with E-state index in [0.29, 0.717) is 17.0 Å². The highest BCUT2D eigenvalue weighted by molar-refractivity contribution is 6.00. The molecular formula is C21H22N2O5. The van der Waals surface area contributed by atoms with Gasteiger partial charge in [-0.25, -0.2) is 4.79 Å². The zero-order valence-corrected chi connectivity index (χ0v) is 15.6. The number of aliphatic carboxylic acids is 1. The Morgan fingerprint density at radius 2 is 1.93 bits per heavy atom. The monoisotopic (exact) mass is 382 g/mol. The third-order valence-corrected chi connectivity index (χ3v) is 5.82. The van der Waals surface area contributed by atoms with Crippen LogP contribution in [-0.2, 0) is 9.59 Å². The molecule has 2 aromatic rings. The Hall–Kier alpha value is -3.06. The van der Waals surface area contributed by atoms with Gasteiger partial charge in [0, 0.05) is 28.0 Å². The van der Waals surface area contributed by atoms with Gasteiger partial charge in [0.05, 0.1) is 18.1 Å². The van der Waals surface area contributed by atoms with Crippen LogP contribution in [-0.4, -0.2) is 45.7 Å². The molecule has 7 heteroatoms. The zero-order valence-electron chi connectivity index (χ0n) is 15.6. The van der Waals surface area contributed by atoms with Crippen LogP contribution < -0.4 is 10.5 Å². The van der Waals surface area contributed by atoms with Crippen LogP contribution in [0, 0.1) is 11.8 Å². The number of fused-ring (bicyclic) bond motifs is 2. The molecule has 0 aromatic heterocycles. The van der Waals surface area contributed by atoms with Gasteiger partial charge < -0.3 is 25.6 Å². The highest BCUT2D eigenvalue weighted by atomic mass is 16.5. The normalized spacial score (nSPS) is 24.9. The number of nitrogens with two attached hydrogens (primary N) is 1. The Balaban J connectivity index is 1.66. The standard InChI is InChI=1S/C21H22N2O5/c1-10-14(19(21(26)27)23-18(10)17(11(2)24)20(23)25)9-28-16-8-4-5-12-13(16)6-3-7-15(12)22/h3-8,10-11,17-18,24H,9,22H2,1-2H3,(H,26,27)/t10-,11+,17+,18?/m0/s1. The number of rotatable bonds is 5. The van der Waals surface area contributed by atoms with Crippen molar-refractivity contribution in [2.24, 2.45) is 11.8 Å². The molecule has 4 atom stereocenters. The average molecular weight is 382 g/mol. The summed E-state index contributed by atoms with van der Waals surface area (Å²) in [6.07, 6.45) is -0.826. The highest BCUT2D eigenvalue weighted by Gasteiger charge is 2.59. The van der Waals surface area contributed by atoms with Crippen molar-refractivity contribution in [1.82, 2.24) is 4.90 Å². The molecule has 2 aliphatic rings. The smallest absolute Gasteiger partial charge is 0.352 e. The van der Waals surface area contributed by atoms with Crippen LogP contribution in [0.15, 0.2) is 47.7 Å². The van der Waals surface area contributed by atoms with Crippen molar-refractivity contribution in [2.45, 2.75) is 26.0 Å². The van der Waals surface area contributed by atoms with E-state index >= 15 is 0 Å². The van der Waals surface area contributed by atoms with Gasteiger partial charge in [0.2, 0.25) is 5.91 Å². The van der Waals surface area contributed by atoms with E-state index in [1.807, 2.05) is 37.3 Å². The first-order valence-corrected chi connectivity index (χ1v) is 9.20. The fourth-order valence-electron chi connectivity index (χ4n) is 4.42. The predicted octanol–water partition coefficient (Wildman–Crippen LogP) is 2.00. The molecule has 0 bridgehead atoms. The summed E-state index contributed by atoms with van der Waals surface area (Å²) in [6.45, 7) is 3.47. The Morgan fingerprint density at radius 1 is 1.25 bits per heavy atom. The summed E-state index contributed by atoms with van der Waals surface area (Å²) in [5.74, 6) is -1.71. The molecule has 4 rings (SSSR count). The van der Waals surface area contributed by atoms with Gasteiger partial charge in [0.1, 0.15) is 18.1 Å². The molecule has 0 radical (unpaired) electrons. The molecule has 0 saturated carbocycles. The van der Waals surface area contributed by atoms with Crippen LogP contribution in [0.1, 0.15) is 13.8 Å². The lowest BCUT2D eigenvalue weighted by Gasteiger charge is -2.46. The lowest BCUT2D eigenvalue weighted by molar-refractivity contribution is -0.163. The molecule has 2 aromatic carbocycles. The topological polar surface area (TPSA) is 113 Å². The molecule has 1 amide bonds. The maximum Gasteiger partial charge on any atom is 0.352 e. The summed E-state index contributed by atoms with van der Waals surface area (Å²) in [6, 6.07) is 10.7. The quantitative estimate of drug-likeness (QED) is 0.538. The number of aliphatic hydroxyl groups excluding tert-OH is 1. The first-order valence-electron chi connectivity index (χ1n) is 9.20. The van der Waals surface area contributed by atoms with Crippen LogP contribution in [0.4, 0.5) is 5.69 Å². The van der Waals surface area contributed by atoms with Gasteiger partial charge >= 0.3 is 5.97 Å². The number of nitrogens with zero attached hydrogens (tertiary/aromatic N) is 1. The molecular weight excluding hydrogens is 360 g/mol. The van der Waals surface area contributed by atoms with Gasteiger partial charge in [-0.1, -0.05) is 31.2 Å². The lowest BCUT2D eigenvalue weighted by atomic mass is 9.78. The van der Waals surface area contributed by atoms with E-state index in [1.165, 1.54) is 4.90 Å². The number of carbonyl (C=O) groups is 2. The maximum atomic E-state index is 12.4. The summed E-state index contributed by atoms with van der Waals surface area (Å²) in [5, 5.41) is 21.3. The van der Waals surface area contributed by atoms with Crippen LogP contribution in [0.25, 0.3) is 10.8 Å². The molecule has 2 heterocycles. The third-order valence-electron chi connectivity index (χ3n) is 5.82. The molecule has 1 saturated heterocycles. The Kier molecular flexibility index (Phi) is 4.27. The minimum Gasteiger partial charge on any atom is -0.488 e. The second-order valence-electron chi connectivity index (χ2n) is 7.42. The summed E-state index contributed by atoms with van der Waals surface area (Å²) in [7, 11) is 0. The average Bonchev–Trinajstić information content (AvgIpc) is 2.89. The number of carboxylic acids is 1. The van der Waals surface area contributed by atoms with Gasteiger partial charge in [-0.15, -0.1) is 0 Å². The van der Waals surface area contributed by atoms with Crippen LogP contribution in [0.5, 0.6) is 5.75 Å². The number of carboxylic acid groups (broad SMARTS) is 1. The molecule has 1 unspecified atom stereocenters. The Bertz CT molecular complexity index is 1010. The second-order valence-corrected chi connectivity index (χ2v) is 7.42. The van der Waals surface area contributed by atoms with Crippen LogP contribution >= 0.6 is 0 Å². The van der Waals surface area contributed by atoms with E-state index in [9.17, 15) is 19.8 Å². The molecule has 28 heavy (non-hydrogen) atoms. The van der Waals surface area contributed by atoms with Crippen molar-refractivity contribution >= 4 is 28.3 Å². The van der Waals surface area contributed by atoms with E-state index in [1.54, 1.807) is 13.0 Å². The minimum absolute atomic E-state index is 0.0286. The number of hydrogen-bond donors (Lipinski definition) is 3. The number of aliphatic hydroxyl groups is 1. The van der Waals surface area contributed by atoms with E-state index in [0.717, 1.165) is 10.8 Å². The SMILES string of the molecule is C[C@H]1C(COc2cccc3c(N)cccc23)=C(C(=O)O)N2C(=O)[C@H]([C@@H](C)O)C12. The summed E-state index contributed by atoms with van der Waals surface area (Å²) in [4.78, 5) is 25.5. The van der Waals surface area contributed by atoms with E-state index in [-0.39, 0.29) is 30.2 Å². The van der Waals surface area contributed by atoms with Gasteiger partial charge in [0.25, 0.3) is 0 Å². The van der Waals surface area contributed by atoms with Crippen molar-refractivity contribution < 1.29 is 24.5 Å². The third kappa shape index (κ3) is 2.54. The number of β-lactam (4-membered cyclic amide) rings is 1. The first-order chi connectivity index (χ1) is 13.3. The van der Waals surface area contributed by atoms with E-state index < -0.39 is 18.0 Å². The van der Waals surface area contributed by atoms with Crippen LogP contribution in [0.2, 0.25) is 0 Å². The molecule has 7 nitrogen and oxygen atoms in total. The highest BCUT2D eigenvalue weighted by Crippen LogP contribution is 2.47. The molecule has 0 aliphatic carbocycles. The molecule has 4 N–H and O–H groups in total. The largest absolute Gasteiger partial charge is 0.488 e. The predicted molar refractivity (Wildman–Crippen MR) is 103 cm³/mol. The van der Waals surface area contributed by atoms with Crippen molar-refractivity contribution in [2.75, 3.05) is 12.3 Å². The molecule has 2 aliphatic heterocycles. The first kappa shape index (κ1) is 18.3. The van der Waals surface area contributed by atoms with Gasteiger partial charge in [-0.2, -0.15) is 0 Å². The van der Waals surface area contributed by atoms with E-state index in [2.05, 4.69) is 0 Å². The summed E-state index contributed by atoms with van der Waals surface area (Å²) >= 11 is 0. The number of anilines is 1. The van der Waals surface area contributed by atoms with Crippen molar-refractivity contribution in [3.8, 4) is 5.75 Å². The van der Waals surface area contributed by atoms with Crippen LogP contribution in [0.3, 0.4) is 0 Å². The van der Waals surface area contributed by atoms with E-state index in [4.69, 9.17) is 10.5 Å². The lowest BCUT2D eigenvalue weighted by Crippen LogP contribution is -2.63. The number of amides is 1. The summed E-state index contributed by atoms with van der Waals surface area (Å²) in [5.41, 5.74) is 7.18. The number of nitrogen functional groups attached to an aromatic ring is 1. The minimum atomic E-state index is -1.16. The fourth-order valence-corrected chi connectivity index (χ4v) is 4.42. The van der Waals surface area contributed by atoms with Gasteiger partial charge in [0.15, 0.2) is 0 Å². The van der Waals surface area contributed by atoms with Crippen molar-refractivity contribution in [3.05, 3.63) is 47.7 Å². The number of benzene rings is 2. The molecule has 146 valence electrons. The van der Waals surface area contributed by atoms with Crippen molar-refractivity contribution in [3.63, 3.8) is 0 Å². The number of hydrogen-bond acceptors (Lipinski definition) is 5. The number of ether oxygens (including phenoxy) is 1.